The van der Waals surface area contributed by atoms with Crippen LogP contribution in [0, 0.1) is 0 Å². The fraction of sp³-hybridized carbons (Fsp3) is 0.542. The number of carbonyl (C=O) groups is 1. The summed E-state index contributed by atoms with van der Waals surface area (Å²) in [6.07, 6.45) is 9.14. The lowest BCUT2D eigenvalue weighted by atomic mass is 9.62. The molecule has 1 aromatic carbocycles. The zero-order valence-corrected chi connectivity index (χ0v) is 16.9. The van der Waals surface area contributed by atoms with E-state index < -0.39 is 5.97 Å². The molecule has 1 fully saturated rings. The van der Waals surface area contributed by atoms with Gasteiger partial charge in [-0.2, -0.15) is 0 Å². The van der Waals surface area contributed by atoms with Crippen LogP contribution >= 0.6 is 0 Å². The van der Waals surface area contributed by atoms with Crippen molar-refractivity contribution < 1.29 is 9.90 Å². The van der Waals surface area contributed by atoms with Crippen molar-refractivity contribution in [2.24, 2.45) is 0 Å². The average Bonchev–Trinajstić information content (AvgIpc) is 2.99. The van der Waals surface area contributed by atoms with E-state index in [-0.39, 0.29) is 10.8 Å². The van der Waals surface area contributed by atoms with Gasteiger partial charge in [-0.05, 0) is 78.0 Å². The van der Waals surface area contributed by atoms with E-state index in [1.54, 1.807) is 0 Å². The quantitative estimate of drug-likeness (QED) is 0.652. The van der Waals surface area contributed by atoms with Crippen molar-refractivity contribution in [3.63, 3.8) is 0 Å². The molecule has 0 aromatic heterocycles. The third-order valence-corrected chi connectivity index (χ3v) is 6.45. The monoisotopic (exact) mass is 352 g/mol. The van der Waals surface area contributed by atoms with Crippen LogP contribution in [0.25, 0.3) is 0 Å². The van der Waals surface area contributed by atoms with E-state index in [9.17, 15) is 4.79 Å². The zero-order chi connectivity index (χ0) is 19.1. The zero-order valence-electron chi connectivity index (χ0n) is 16.9. The lowest BCUT2D eigenvalue weighted by Gasteiger charge is -2.42. The number of benzene rings is 1. The minimum Gasteiger partial charge on any atom is -0.478 e. The molecule has 0 bridgehead atoms. The highest BCUT2D eigenvalue weighted by atomic mass is 16.4. The first-order valence-corrected chi connectivity index (χ1v) is 9.84. The van der Waals surface area contributed by atoms with Gasteiger partial charge in [0.05, 0.1) is 0 Å². The molecule has 1 saturated carbocycles. The van der Waals surface area contributed by atoms with Crippen LogP contribution in [0.1, 0.15) is 89.3 Å². The predicted octanol–water partition coefficient (Wildman–Crippen LogP) is 6.26. The molecule has 1 aromatic rings. The van der Waals surface area contributed by atoms with Crippen molar-refractivity contribution in [2.75, 3.05) is 0 Å². The number of hydrogen-bond donors (Lipinski definition) is 1. The van der Waals surface area contributed by atoms with Gasteiger partial charge >= 0.3 is 5.97 Å². The lowest BCUT2D eigenvalue weighted by Crippen LogP contribution is -2.33. The molecule has 0 aliphatic heterocycles. The number of carboxylic acids is 1. The molecule has 0 radical (unpaired) electrons. The minimum absolute atomic E-state index is 0.249. The molecule has 0 spiro atoms. The fourth-order valence-corrected chi connectivity index (χ4v) is 4.71. The van der Waals surface area contributed by atoms with Crippen LogP contribution in [-0.2, 0) is 15.6 Å². The largest absolute Gasteiger partial charge is 0.478 e. The maximum absolute atomic E-state index is 10.8. The first-order chi connectivity index (χ1) is 12.1. The third kappa shape index (κ3) is 3.79. The van der Waals surface area contributed by atoms with Gasteiger partial charge in [0.15, 0.2) is 0 Å². The number of hydrogen-bond acceptors (Lipinski definition) is 1. The standard InChI is InChI=1S/C24H32O2/c1-16(13-22(25)26)12-17-6-7-18(14-17)19-8-9-20-21(15-19)24(4,5)11-10-23(20,2)3/h8-9,12-13,15,18H,6-7,10-11,14H2,1-5H3,(H,25,26). The van der Waals surface area contributed by atoms with Gasteiger partial charge in [0, 0.05) is 6.08 Å². The second-order valence-corrected chi connectivity index (χ2v) is 9.54. The summed E-state index contributed by atoms with van der Waals surface area (Å²) in [5.41, 5.74) is 7.24. The Bertz CT molecular complexity index is 777. The molecule has 2 aliphatic rings. The van der Waals surface area contributed by atoms with Crippen LogP contribution in [0.3, 0.4) is 0 Å². The van der Waals surface area contributed by atoms with Gasteiger partial charge < -0.3 is 5.11 Å². The average molecular weight is 353 g/mol. The number of rotatable bonds is 3. The highest BCUT2D eigenvalue weighted by Gasteiger charge is 2.37. The molecular weight excluding hydrogens is 320 g/mol. The second-order valence-electron chi connectivity index (χ2n) is 9.54. The molecular formula is C24H32O2. The van der Waals surface area contributed by atoms with Gasteiger partial charge in [0.25, 0.3) is 0 Å². The van der Waals surface area contributed by atoms with Gasteiger partial charge in [0.1, 0.15) is 0 Å². The highest BCUT2D eigenvalue weighted by molar-refractivity contribution is 5.81. The Balaban J connectivity index is 1.86. The van der Waals surface area contributed by atoms with E-state index in [0.29, 0.717) is 5.92 Å². The van der Waals surface area contributed by atoms with Gasteiger partial charge in [-0.15, -0.1) is 0 Å². The van der Waals surface area contributed by atoms with Gasteiger partial charge in [-0.25, -0.2) is 4.79 Å². The van der Waals surface area contributed by atoms with E-state index in [2.05, 4.69) is 52.0 Å². The number of allylic oxidation sites excluding steroid dienone is 3. The smallest absolute Gasteiger partial charge is 0.328 e. The molecule has 140 valence electrons. The van der Waals surface area contributed by atoms with Crippen LogP contribution in [0.15, 0.2) is 41.5 Å². The van der Waals surface area contributed by atoms with Crippen molar-refractivity contribution in [3.05, 3.63) is 58.2 Å². The second kappa shape index (κ2) is 6.72. The summed E-state index contributed by atoms with van der Waals surface area (Å²) in [6.45, 7) is 11.4. The molecule has 2 heteroatoms. The number of fused-ring (bicyclic) bond motifs is 1. The number of carboxylic acid groups (broad SMARTS) is 1. The van der Waals surface area contributed by atoms with E-state index in [1.807, 2.05) is 6.92 Å². The Morgan fingerprint density at radius 3 is 2.42 bits per heavy atom. The molecule has 1 N–H and O–H groups in total. The van der Waals surface area contributed by atoms with E-state index in [4.69, 9.17) is 5.11 Å². The minimum atomic E-state index is -0.867. The van der Waals surface area contributed by atoms with Crippen LogP contribution in [0.4, 0.5) is 0 Å². The van der Waals surface area contributed by atoms with Crippen LogP contribution in [-0.4, -0.2) is 11.1 Å². The summed E-state index contributed by atoms with van der Waals surface area (Å²) in [4.78, 5) is 10.8. The summed E-state index contributed by atoms with van der Waals surface area (Å²) >= 11 is 0. The van der Waals surface area contributed by atoms with Crippen molar-refractivity contribution in [1.29, 1.82) is 0 Å². The topological polar surface area (TPSA) is 37.3 Å². The molecule has 1 unspecified atom stereocenters. The Hall–Kier alpha value is -1.83. The molecule has 1 atom stereocenters. The Kier molecular flexibility index (Phi) is 4.90. The van der Waals surface area contributed by atoms with Gasteiger partial charge in [-0.3, -0.25) is 0 Å². The van der Waals surface area contributed by atoms with Crippen LogP contribution in [0.2, 0.25) is 0 Å². The molecule has 0 heterocycles. The molecule has 2 aliphatic carbocycles. The number of aliphatic carboxylic acids is 1. The van der Waals surface area contributed by atoms with E-state index >= 15 is 0 Å². The maximum Gasteiger partial charge on any atom is 0.328 e. The molecule has 0 amide bonds. The SMILES string of the molecule is CC(=CC(=O)O)C=C1CCC(c2ccc3c(c2)C(C)(C)CCC3(C)C)C1. The van der Waals surface area contributed by atoms with Crippen molar-refractivity contribution in [3.8, 4) is 0 Å². The lowest BCUT2D eigenvalue weighted by molar-refractivity contribution is -0.131. The van der Waals surface area contributed by atoms with Crippen molar-refractivity contribution >= 4 is 5.97 Å². The third-order valence-electron chi connectivity index (χ3n) is 6.45. The van der Waals surface area contributed by atoms with Gasteiger partial charge in [-0.1, -0.05) is 57.5 Å². The summed E-state index contributed by atoms with van der Waals surface area (Å²) in [5, 5.41) is 8.89. The van der Waals surface area contributed by atoms with Crippen LogP contribution in [0.5, 0.6) is 0 Å². The summed E-state index contributed by atoms with van der Waals surface area (Å²) < 4.78 is 0. The van der Waals surface area contributed by atoms with Crippen molar-refractivity contribution in [2.45, 2.75) is 83.5 Å². The summed E-state index contributed by atoms with van der Waals surface area (Å²) in [6, 6.07) is 7.20. The Labute approximate surface area is 158 Å². The fourth-order valence-electron chi connectivity index (χ4n) is 4.71. The molecule has 3 rings (SSSR count). The van der Waals surface area contributed by atoms with E-state index in [0.717, 1.165) is 24.8 Å². The first-order valence-electron chi connectivity index (χ1n) is 9.84. The first kappa shape index (κ1) is 18.9. The summed E-state index contributed by atoms with van der Waals surface area (Å²) in [7, 11) is 0. The van der Waals surface area contributed by atoms with Crippen molar-refractivity contribution in [1.82, 2.24) is 0 Å². The molecule has 26 heavy (non-hydrogen) atoms. The van der Waals surface area contributed by atoms with Gasteiger partial charge in [0.2, 0.25) is 0 Å². The normalized spacial score (nSPS) is 26.0. The highest BCUT2D eigenvalue weighted by Crippen LogP contribution is 2.47. The Morgan fingerprint density at radius 1 is 1.12 bits per heavy atom. The summed E-state index contributed by atoms with van der Waals surface area (Å²) in [5.74, 6) is -0.307. The molecule has 0 saturated heterocycles. The van der Waals surface area contributed by atoms with E-state index in [1.165, 1.54) is 41.2 Å². The van der Waals surface area contributed by atoms with Crippen LogP contribution < -0.4 is 0 Å². The maximum atomic E-state index is 10.8. The Morgan fingerprint density at radius 2 is 1.77 bits per heavy atom. The molecule has 2 nitrogen and oxygen atoms in total. The predicted molar refractivity (Wildman–Crippen MR) is 108 cm³/mol.